The quantitative estimate of drug-likeness (QED) is 0.465. The first-order valence-electron chi connectivity index (χ1n) is 14.3. The Balaban J connectivity index is 1.51. The number of amides is 1. The number of rotatable bonds is 4. The van der Waals surface area contributed by atoms with Crippen molar-refractivity contribution in [1.82, 2.24) is 19.4 Å². The molecule has 1 saturated carbocycles. The van der Waals surface area contributed by atoms with E-state index in [0.29, 0.717) is 36.8 Å². The maximum Gasteiger partial charge on any atom is 0.494 e. The fourth-order valence-electron chi connectivity index (χ4n) is 5.48. The Hall–Kier alpha value is -3.51. The molecule has 1 N–H and O–H groups in total. The molecule has 0 atom stereocenters. The van der Waals surface area contributed by atoms with Gasteiger partial charge < -0.3 is 19.4 Å². The van der Waals surface area contributed by atoms with Gasteiger partial charge in [-0.15, -0.1) is 0 Å². The van der Waals surface area contributed by atoms with Gasteiger partial charge in [-0.3, -0.25) is 9.36 Å². The average Bonchev–Trinajstić information content (AvgIpc) is 3.11. The molecule has 2 fully saturated rings. The van der Waals surface area contributed by atoms with E-state index in [4.69, 9.17) is 14.0 Å². The first-order valence-corrected chi connectivity index (χ1v) is 14.3. The Morgan fingerprint density at radius 3 is 2.33 bits per heavy atom. The lowest BCUT2D eigenvalue weighted by Crippen LogP contribution is -2.46. The van der Waals surface area contributed by atoms with Crippen LogP contribution in [0.5, 0.6) is 0 Å². The first-order chi connectivity index (χ1) is 19.6. The molecule has 3 heterocycles. The fourth-order valence-corrected chi connectivity index (χ4v) is 5.48. The molecule has 2 aromatic heterocycles. The molecule has 2 aliphatic rings. The van der Waals surface area contributed by atoms with Gasteiger partial charge in [0.2, 0.25) is 0 Å². The zero-order valence-corrected chi connectivity index (χ0v) is 25.2. The van der Waals surface area contributed by atoms with Gasteiger partial charge in [0.15, 0.2) is 5.65 Å². The van der Waals surface area contributed by atoms with Gasteiger partial charge >= 0.3 is 18.9 Å². The van der Waals surface area contributed by atoms with Gasteiger partial charge in [0.25, 0.3) is 5.56 Å². The number of nitrogens with zero attached hydrogens (tertiary/aromatic N) is 3. The number of aromatic nitrogens is 3. The summed E-state index contributed by atoms with van der Waals surface area (Å²) >= 11 is 0. The van der Waals surface area contributed by atoms with E-state index in [1.807, 2.05) is 33.8 Å². The lowest BCUT2D eigenvalue weighted by atomic mass is 9.79. The molecular weight excluding hydrogens is 542 g/mol. The van der Waals surface area contributed by atoms with E-state index < -0.39 is 53.1 Å². The summed E-state index contributed by atoms with van der Waals surface area (Å²) in [5.41, 5.74) is -1.68. The second kappa shape index (κ2) is 10.6. The van der Waals surface area contributed by atoms with Gasteiger partial charge in [-0.25, -0.2) is 23.5 Å². The minimum absolute atomic E-state index is 0.00430. The summed E-state index contributed by atoms with van der Waals surface area (Å²) < 4.78 is 34.7. The third-order valence-electron chi connectivity index (χ3n) is 8.33. The number of nitrogens with one attached hydrogen (secondary N) is 1. The molecule has 224 valence electrons. The van der Waals surface area contributed by atoms with Crippen molar-refractivity contribution in [1.29, 1.82) is 0 Å². The van der Waals surface area contributed by atoms with Crippen molar-refractivity contribution < 1.29 is 23.2 Å². The summed E-state index contributed by atoms with van der Waals surface area (Å²) in [6.45, 7) is 13.2. The summed E-state index contributed by atoms with van der Waals surface area (Å²) in [5.74, 6) is -0.674. The number of fused-ring (bicyclic) bond motifs is 1. The third kappa shape index (κ3) is 5.74. The zero-order valence-electron chi connectivity index (χ0n) is 25.2. The van der Waals surface area contributed by atoms with E-state index in [1.54, 1.807) is 39.0 Å². The van der Waals surface area contributed by atoms with Crippen LogP contribution in [-0.4, -0.2) is 50.2 Å². The lowest BCUT2D eigenvalue weighted by molar-refractivity contribution is 0.00578. The van der Waals surface area contributed by atoms with E-state index in [-0.39, 0.29) is 17.1 Å². The Morgan fingerprint density at radius 2 is 1.71 bits per heavy atom. The Bertz CT molecular complexity index is 1620. The van der Waals surface area contributed by atoms with Gasteiger partial charge in [0, 0.05) is 12.1 Å². The number of hydrogen-bond acceptors (Lipinski definition) is 7. The zero-order chi connectivity index (χ0) is 30.6. The van der Waals surface area contributed by atoms with Crippen molar-refractivity contribution in [2.45, 2.75) is 103 Å². The normalized spacial score (nSPS) is 21.9. The molecule has 1 amide bonds. The molecule has 10 nitrogen and oxygen atoms in total. The van der Waals surface area contributed by atoms with Gasteiger partial charge in [0.1, 0.15) is 11.4 Å². The smallest absolute Gasteiger partial charge is 0.444 e. The molecule has 42 heavy (non-hydrogen) atoms. The van der Waals surface area contributed by atoms with Crippen LogP contribution >= 0.6 is 0 Å². The van der Waals surface area contributed by atoms with Gasteiger partial charge in [-0.05, 0) is 97.8 Å². The summed E-state index contributed by atoms with van der Waals surface area (Å²) in [4.78, 5) is 44.1. The highest BCUT2D eigenvalue weighted by atomic mass is 19.1. The highest BCUT2D eigenvalue weighted by Gasteiger charge is 2.51. The predicted molar refractivity (Wildman–Crippen MR) is 158 cm³/mol. The van der Waals surface area contributed by atoms with E-state index in [2.05, 4.69) is 10.3 Å². The standard InChI is InChI=1S/C30H38BFN4O6/c1-28(2,3)40-26(38)34-20-11-13-21(14-12-20)36-25(37)23-16-19(32)17-33-24(23)35(27(36)39)22-10-8-9-18(15-22)31-41-29(4,5)30(6,7)42-31/h8-10,15-17,20-21H,11-14H2,1-7H3,(H,34,38). The monoisotopic (exact) mass is 580 g/mol. The largest absolute Gasteiger partial charge is 0.494 e. The summed E-state index contributed by atoms with van der Waals surface area (Å²) in [5, 5.41) is 2.88. The highest BCUT2D eigenvalue weighted by Crippen LogP contribution is 2.36. The minimum atomic E-state index is -0.674. The van der Waals surface area contributed by atoms with Crippen LogP contribution in [0.4, 0.5) is 9.18 Å². The van der Waals surface area contributed by atoms with Crippen LogP contribution in [0.1, 0.15) is 80.2 Å². The second-order valence-corrected chi connectivity index (χ2v) is 13.2. The van der Waals surface area contributed by atoms with Crippen LogP contribution in [0.15, 0.2) is 46.1 Å². The number of carbonyl (C=O) groups is 1. The number of benzene rings is 1. The molecule has 0 bridgehead atoms. The molecule has 1 aromatic carbocycles. The van der Waals surface area contributed by atoms with Crippen LogP contribution in [0.2, 0.25) is 0 Å². The molecule has 5 rings (SSSR count). The van der Waals surface area contributed by atoms with Crippen molar-refractivity contribution in [3.63, 3.8) is 0 Å². The molecule has 3 aromatic rings. The highest BCUT2D eigenvalue weighted by molar-refractivity contribution is 6.62. The summed E-state index contributed by atoms with van der Waals surface area (Å²) in [6, 6.07) is 7.66. The number of halogens is 1. The molecule has 1 aliphatic heterocycles. The van der Waals surface area contributed by atoms with Crippen LogP contribution < -0.4 is 22.0 Å². The Morgan fingerprint density at radius 1 is 1.07 bits per heavy atom. The van der Waals surface area contributed by atoms with Crippen LogP contribution in [0, 0.1) is 5.82 Å². The number of carbonyl (C=O) groups excluding carboxylic acids is 1. The maximum atomic E-state index is 14.3. The van der Waals surface area contributed by atoms with Gasteiger partial charge in [-0.1, -0.05) is 12.1 Å². The number of alkyl carbamates (subject to hydrolysis) is 1. The number of ether oxygens (including phenoxy) is 1. The molecular formula is C30H38BFN4O6. The third-order valence-corrected chi connectivity index (χ3v) is 8.33. The van der Waals surface area contributed by atoms with Crippen molar-refractivity contribution in [3.8, 4) is 5.69 Å². The predicted octanol–water partition coefficient (Wildman–Crippen LogP) is 3.99. The number of pyridine rings is 1. The SMILES string of the molecule is CC(C)(C)OC(=O)NC1CCC(n2c(=O)c3cc(F)cnc3n(-c3cccc(B4OC(C)(C)C(C)(C)O4)c3)c2=O)CC1. The summed E-state index contributed by atoms with van der Waals surface area (Å²) in [7, 11) is -0.666. The molecule has 0 spiro atoms. The maximum absolute atomic E-state index is 14.3. The topological polar surface area (TPSA) is 114 Å². The average molecular weight is 580 g/mol. The van der Waals surface area contributed by atoms with Crippen LogP contribution in [0.3, 0.4) is 0 Å². The second-order valence-electron chi connectivity index (χ2n) is 13.2. The molecule has 0 radical (unpaired) electrons. The Labute approximate surface area is 244 Å². The minimum Gasteiger partial charge on any atom is -0.444 e. The Kier molecular flexibility index (Phi) is 7.60. The summed E-state index contributed by atoms with van der Waals surface area (Å²) in [6.07, 6.45) is 2.53. The van der Waals surface area contributed by atoms with Gasteiger partial charge in [0.05, 0.1) is 28.5 Å². The fraction of sp³-hybridized carbons (Fsp3) is 0.533. The molecule has 12 heteroatoms. The number of hydrogen-bond donors (Lipinski definition) is 1. The van der Waals surface area contributed by atoms with Crippen LogP contribution in [0.25, 0.3) is 16.7 Å². The van der Waals surface area contributed by atoms with Crippen LogP contribution in [-0.2, 0) is 14.0 Å². The van der Waals surface area contributed by atoms with Crippen molar-refractivity contribution in [3.05, 3.63) is 63.2 Å². The van der Waals surface area contributed by atoms with Crippen molar-refractivity contribution in [2.24, 2.45) is 0 Å². The lowest BCUT2D eigenvalue weighted by Gasteiger charge is -2.32. The van der Waals surface area contributed by atoms with Gasteiger partial charge in [-0.2, -0.15) is 0 Å². The molecule has 1 saturated heterocycles. The first kappa shape index (κ1) is 30.0. The van der Waals surface area contributed by atoms with E-state index >= 15 is 0 Å². The van der Waals surface area contributed by atoms with Crippen molar-refractivity contribution in [2.75, 3.05) is 0 Å². The molecule has 1 aliphatic carbocycles. The van der Waals surface area contributed by atoms with Crippen molar-refractivity contribution >= 4 is 29.7 Å². The van der Waals surface area contributed by atoms with E-state index in [9.17, 15) is 18.8 Å². The van der Waals surface area contributed by atoms with E-state index in [0.717, 1.165) is 12.3 Å². The van der Waals surface area contributed by atoms with E-state index in [1.165, 1.54) is 9.13 Å². The molecule has 0 unspecified atom stereocenters.